The molecule has 1 aromatic heterocycles. The van der Waals surface area contributed by atoms with E-state index in [-0.39, 0.29) is 6.04 Å². The van der Waals surface area contributed by atoms with E-state index >= 15 is 0 Å². The Bertz CT molecular complexity index is 598. The second-order valence-corrected chi connectivity index (χ2v) is 6.15. The molecule has 0 aliphatic carbocycles. The van der Waals surface area contributed by atoms with E-state index in [1.165, 1.54) is 11.1 Å². The van der Waals surface area contributed by atoms with Gasteiger partial charge in [-0.2, -0.15) is 0 Å². The van der Waals surface area contributed by atoms with Crippen molar-refractivity contribution < 1.29 is 0 Å². The van der Waals surface area contributed by atoms with Gasteiger partial charge in [-0.1, -0.05) is 35.0 Å². The number of nitrogens with zero attached hydrogens (tertiary/aromatic N) is 1. The first-order valence-electron chi connectivity index (χ1n) is 7.29. The highest BCUT2D eigenvalue weighted by atomic mass is 79.9. The predicted molar refractivity (Wildman–Crippen MR) is 92.3 cm³/mol. The Kier molecular flexibility index (Phi) is 5.76. The van der Waals surface area contributed by atoms with E-state index in [1.54, 1.807) is 6.20 Å². The van der Waals surface area contributed by atoms with Crippen molar-refractivity contribution in [2.75, 3.05) is 12.3 Å². The molecule has 0 saturated heterocycles. The topological polar surface area (TPSA) is 50.9 Å². The van der Waals surface area contributed by atoms with Crippen molar-refractivity contribution in [2.45, 2.75) is 32.7 Å². The molecule has 0 amide bonds. The van der Waals surface area contributed by atoms with Crippen LogP contribution in [-0.4, -0.2) is 11.5 Å². The second-order valence-electron chi connectivity index (χ2n) is 5.29. The predicted octanol–water partition coefficient (Wildman–Crippen LogP) is 4.02. The zero-order valence-corrected chi connectivity index (χ0v) is 14.2. The molecule has 2 aromatic rings. The van der Waals surface area contributed by atoms with Gasteiger partial charge < -0.3 is 11.1 Å². The van der Waals surface area contributed by atoms with Crippen LogP contribution in [0.4, 0.5) is 5.69 Å². The summed E-state index contributed by atoms with van der Waals surface area (Å²) in [6, 6.07) is 8.62. The first kappa shape index (κ1) is 16.0. The van der Waals surface area contributed by atoms with E-state index in [0.29, 0.717) is 0 Å². The molecule has 0 aliphatic heterocycles. The van der Waals surface area contributed by atoms with Crippen LogP contribution < -0.4 is 11.1 Å². The van der Waals surface area contributed by atoms with Crippen LogP contribution >= 0.6 is 15.9 Å². The molecule has 1 unspecified atom stereocenters. The molecule has 0 saturated carbocycles. The Morgan fingerprint density at radius 3 is 2.81 bits per heavy atom. The number of rotatable bonds is 6. The fourth-order valence-electron chi connectivity index (χ4n) is 2.28. The van der Waals surface area contributed by atoms with E-state index in [2.05, 4.69) is 58.3 Å². The summed E-state index contributed by atoms with van der Waals surface area (Å²) in [5, 5.41) is 3.60. The van der Waals surface area contributed by atoms with Gasteiger partial charge in [0, 0.05) is 28.6 Å². The molecule has 1 aromatic carbocycles. The summed E-state index contributed by atoms with van der Waals surface area (Å²) >= 11 is 3.62. The maximum atomic E-state index is 6.05. The van der Waals surface area contributed by atoms with Gasteiger partial charge in [0.15, 0.2) is 0 Å². The molecule has 21 heavy (non-hydrogen) atoms. The highest BCUT2D eigenvalue weighted by Crippen LogP contribution is 2.25. The number of nitrogens with one attached hydrogen (secondary N) is 1. The lowest BCUT2D eigenvalue weighted by Crippen LogP contribution is -2.24. The lowest BCUT2D eigenvalue weighted by molar-refractivity contribution is 0.529. The Morgan fingerprint density at radius 2 is 2.14 bits per heavy atom. The number of aryl methyl sites for hydroxylation is 1. The van der Waals surface area contributed by atoms with Crippen molar-refractivity contribution in [3.63, 3.8) is 0 Å². The third kappa shape index (κ3) is 4.29. The molecule has 0 fully saturated rings. The van der Waals surface area contributed by atoms with Crippen LogP contribution in [0.15, 0.2) is 41.1 Å². The van der Waals surface area contributed by atoms with Gasteiger partial charge in [-0.15, -0.1) is 0 Å². The number of anilines is 1. The Labute approximate surface area is 135 Å². The molecule has 0 bridgehead atoms. The van der Waals surface area contributed by atoms with Gasteiger partial charge in [-0.05, 0) is 55.1 Å². The van der Waals surface area contributed by atoms with Crippen molar-refractivity contribution >= 4 is 21.6 Å². The third-order valence-electron chi connectivity index (χ3n) is 3.60. The first-order valence-corrected chi connectivity index (χ1v) is 8.09. The molecule has 3 N–H and O–H groups in total. The second kappa shape index (κ2) is 7.57. The standard InChI is InChI=1S/C17H22BrN3/c1-3-7-21-17(10-14-11-20-8-6-16(14)19)13-5-4-12(2)15(18)9-13/h4-6,8-9,11,17,21H,3,7,10H2,1-2H3,(H2,19,20). The normalized spacial score (nSPS) is 12.3. The summed E-state index contributed by atoms with van der Waals surface area (Å²) in [7, 11) is 0. The highest BCUT2D eigenvalue weighted by Gasteiger charge is 2.14. The van der Waals surface area contributed by atoms with Crippen LogP contribution in [0, 0.1) is 6.92 Å². The SMILES string of the molecule is CCCNC(Cc1cnccc1N)c1ccc(C)c(Br)c1. The average molecular weight is 348 g/mol. The van der Waals surface area contributed by atoms with E-state index < -0.39 is 0 Å². The first-order chi connectivity index (χ1) is 10.1. The smallest absolute Gasteiger partial charge is 0.0378 e. The fourth-order valence-corrected chi connectivity index (χ4v) is 2.68. The molecule has 0 radical (unpaired) electrons. The monoisotopic (exact) mass is 347 g/mol. The number of benzene rings is 1. The number of hydrogen-bond donors (Lipinski definition) is 2. The van der Waals surface area contributed by atoms with Crippen molar-refractivity contribution in [3.8, 4) is 0 Å². The third-order valence-corrected chi connectivity index (χ3v) is 4.46. The van der Waals surface area contributed by atoms with Gasteiger partial charge in [0.25, 0.3) is 0 Å². The molecule has 1 heterocycles. The van der Waals surface area contributed by atoms with Crippen LogP contribution in [0.1, 0.15) is 36.1 Å². The molecular formula is C17H22BrN3. The van der Waals surface area contributed by atoms with Crippen LogP contribution in [0.5, 0.6) is 0 Å². The minimum atomic E-state index is 0.244. The number of halogens is 1. The summed E-state index contributed by atoms with van der Waals surface area (Å²) in [6.45, 7) is 5.26. The van der Waals surface area contributed by atoms with Crippen molar-refractivity contribution in [2.24, 2.45) is 0 Å². The lowest BCUT2D eigenvalue weighted by Gasteiger charge is -2.20. The molecule has 1 atom stereocenters. The summed E-state index contributed by atoms with van der Waals surface area (Å²) in [6.07, 6.45) is 5.54. The maximum Gasteiger partial charge on any atom is 0.0378 e. The van der Waals surface area contributed by atoms with Crippen LogP contribution in [0.25, 0.3) is 0 Å². The minimum absolute atomic E-state index is 0.244. The zero-order chi connectivity index (χ0) is 15.2. The van der Waals surface area contributed by atoms with Crippen LogP contribution in [0.3, 0.4) is 0 Å². The van der Waals surface area contributed by atoms with E-state index in [0.717, 1.165) is 35.1 Å². The van der Waals surface area contributed by atoms with E-state index in [9.17, 15) is 0 Å². The van der Waals surface area contributed by atoms with Crippen molar-refractivity contribution in [1.82, 2.24) is 10.3 Å². The van der Waals surface area contributed by atoms with E-state index in [1.807, 2.05) is 12.3 Å². The number of hydrogen-bond acceptors (Lipinski definition) is 3. The van der Waals surface area contributed by atoms with Gasteiger partial charge >= 0.3 is 0 Å². The Hall–Kier alpha value is -1.39. The van der Waals surface area contributed by atoms with Gasteiger partial charge in [-0.3, -0.25) is 4.98 Å². The quantitative estimate of drug-likeness (QED) is 0.829. The van der Waals surface area contributed by atoms with Gasteiger partial charge in [0.1, 0.15) is 0 Å². The molecule has 3 nitrogen and oxygen atoms in total. The maximum absolute atomic E-state index is 6.05. The molecule has 0 spiro atoms. The van der Waals surface area contributed by atoms with Crippen molar-refractivity contribution in [3.05, 3.63) is 57.8 Å². The largest absolute Gasteiger partial charge is 0.398 e. The van der Waals surface area contributed by atoms with E-state index in [4.69, 9.17) is 5.73 Å². The highest BCUT2D eigenvalue weighted by molar-refractivity contribution is 9.10. The summed E-state index contributed by atoms with van der Waals surface area (Å²) < 4.78 is 1.14. The molecule has 112 valence electrons. The Balaban J connectivity index is 2.25. The van der Waals surface area contributed by atoms with Crippen LogP contribution in [-0.2, 0) is 6.42 Å². The lowest BCUT2D eigenvalue weighted by atomic mass is 9.98. The number of nitrogen functional groups attached to an aromatic ring is 1. The van der Waals surface area contributed by atoms with Crippen LogP contribution in [0.2, 0.25) is 0 Å². The van der Waals surface area contributed by atoms with Crippen molar-refractivity contribution in [1.29, 1.82) is 0 Å². The summed E-state index contributed by atoms with van der Waals surface area (Å²) in [5.74, 6) is 0. The average Bonchev–Trinajstić information content (AvgIpc) is 2.48. The molecule has 2 rings (SSSR count). The van der Waals surface area contributed by atoms with Gasteiger partial charge in [-0.25, -0.2) is 0 Å². The Morgan fingerprint density at radius 1 is 1.33 bits per heavy atom. The molecule has 0 aliphatic rings. The summed E-state index contributed by atoms with van der Waals surface area (Å²) in [4.78, 5) is 4.19. The van der Waals surface area contributed by atoms with Gasteiger partial charge in [0.2, 0.25) is 0 Å². The minimum Gasteiger partial charge on any atom is -0.398 e. The summed E-state index contributed by atoms with van der Waals surface area (Å²) in [5.41, 5.74) is 10.5. The number of pyridine rings is 1. The number of aromatic nitrogens is 1. The molecule has 4 heteroatoms. The zero-order valence-electron chi connectivity index (χ0n) is 12.6. The number of nitrogens with two attached hydrogens (primary N) is 1. The fraction of sp³-hybridized carbons (Fsp3) is 0.353. The molecular weight excluding hydrogens is 326 g/mol. The van der Waals surface area contributed by atoms with Gasteiger partial charge in [0.05, 0.1) is 0 Å².